The second-order valence-corrected chi connectivity index (χ2v) is 8.84. The molecule has 0 spiro atoms. The molecule has 0 saturated carbocycles. The van der Waals surface area contributed by atoms with Crippen molar-refractivity contribution in [1.82, 2.24) is 0 Å². The van der Waals surface area contributed by atoms with Crippen molar-refractivity contribution in [2.24, 2.45) is 0 Å². The molecule has 10 heteroatoms. The molecule has 154 valence electrons. The van der Waals surface area contributed by atoms with Gasteiger partial charge in [-0.3, -0.25) is 0 Å². The average Bonchev–Trinajstić information content (AvgIpc) is 2.56. The van der Waals surface area contributed by atoms with E-state index in [1.807, 2.05) is 0 Å². The number of quaternary nitrogens is 1. The lowest BCUT2D eigenvalue weighted by molar-refractivity contribution is -0.840. The topological polar surface area (TPSA) is 60.4 Å². The number of hydrogen-bond donors (Lipinski definition) is 0. The van der Waals surface area contributed by atoms with Crippen LogP contribution in [0, 0.1) is 5.21 Å². The van der Waals surface area contributed by atoms with Crippen LogP contribution in [0.5, 0.6) is 0 Å². The molecule has 0 aliphatic carbocycles. The first-order chi connectivity index (χ1) is 12.4. The molecule has 0 amide bonds. The van der Waals surface area contributed by atoms with Crippen molar-refractivity contribution in [3.63, 3.8) is 0 Å². The third-order valence-electron chi connectivity index (χ3n) is 4.39. The van der Waals surface area contributed by atoms with E-state index in [2.05, 4.69) is 0 Å². The summed E-state index contributed by atoms with van der Waals surface area (Å²) in [6.45, 7) is 0.477. The molecule has 0 saturated heterocycles. The van der Waals surface area contributed by atoms with E-state index < -0.39 is 26.2 Å². The average molecular weight is 437 g/mol. The Kier molecular flexibility index (Phi) is 6.06. The molecule has 5 nitrogen and oxygen atoms in total. The number of nitrogens with zero attached hydrogens (tertiary/aromatic N) is 2. The zero-order valence-electron chi connectivity index (χ0n) is 15.2. The van der Waals surface area contributed by atoms with Gasteiger partial charge in [0.25, 0.3) is 0 Å². The number of anilines is 2. The highest BCUT2D eigenvalue weighted by molar-refractivity contribution is 7.92. The van der Waals surface area contributed by atoms with Crippen molar-refractivity contribution in [2.75, 3.05) is 32.1 Å². The van der Waals surface area contributed by atoms with Crippen LogP contribution >= 0.6 is 12.4 Å². The minimum atomic E-state index is -4.59. The van der Waals surface area contributed by atoms with E-state index in [-0.39, 0.29) is 41.0 Å². The van der Waals surface area contributed by atoms with Gasteiger partial charge < -0.3 is 14.8 Å². The van der Waals surface area contributed by atoms with Gasteiger partial charge in [-0.15, -0.1) is 12.4 Å². The largest absolute Gasteiger partial charge is 0.633 e. The lowest BCUT2D eigenvalue weighted by Gasteiger charge is -2.36. The van der Waals surface area contributed by atoms with Crippen molar-refractivity contribution >= 4 is 33.6 Å². The number of halogens is 4. The van der Waals surface area contributed by atoms with Gasteiger partial charge in [-0.05, 0) is 30.3 Å². The first kappa shape index (κ1) is 22.5. The fourth-order valence-corrected chi connectivity index (χ4v) is 4.78. The number of hydroxylamine groups is 3. The number of alkyl halides is 3. The third kappa shape index (κ3) is 4.27. The Bertz CT molecular complexity index is 973. The molecular formula is C18H20ClF3N2O3S. The fraction of sp³-hybridized carbons (Fsp3) is 0.333. The van der Waals surface area contributed by atoms with Gasteiger partial charge >= 0.3 is 6.18 Å². The van der Waals surface area contributed by atoms with Crippen LogP contribution in [-0.4, -0.2) is 40.2 Å². The van der Waals surface area contributed by atoms with Crippen molar-refractivity contribution in [3.05, 3.63) is 53.2 Å². The predicted octanol–water partition coefficient (Wildman–Crippen LogP) is 4.38. The second kappa shape index (κ2) is 7.55. The number of hydrogen-bond acceptors (Lipinski definition) is 4. The maximum atomic E-state index is 13.2. The Labute approximate surface area is 167 Å². The number of fused-ring (bicyclic) bond motifs is 2. The maximum Gasteiger partial charge on any atom is 0.416 e. The van der Waals surface area contributed by atoms with Gasteiger partial charge in [-0.25, -0.2) is 8.42 Å². The number of rotatable bonds is 4. The summed E-state index contributed by atoms with van der Waals surface area (Å²) in [5.74, 6) is 0. The van der Waals surface area contributed by atoms with Crippen LogP contribution in [0.1, 0.15) is 12.0 Å². The first-order valence-corrected chi connectivity index (χ1v) is 9.76. The van der Waals surface area contributed by atoms with Gasteiger partial charge in [0, 0.05) is 13.0 Å². The first-order valence-electron chi connectivity index (χ1n) is 8.28. The molecule has 28 heavy (non-hydrogen) atoms. The molecule has 0 atom stereocenters. The molecule has 3 rings (SSSR count). The molecule has 0 bridgehead atoms. The quantitative estimate of drug-likeness (QED) is 0.527. The summed E-state index contributed by atoms with van der Waals surface area (Å²) in [6, 6.07) is 8.85. The molecule has 0 aromatic heterocycles. The summed E-state index contributed by atoms with van der Waals surface area (Å²) in [5, 5.41) is 11.8. The summed E-state index contributed by atoms with van der Waals surface area (Å²) < 4.78 is 64.7. The highest BCUT2D eigenvalue weighted by Crippen LogP contribution is 2.46. The van der Waals surface area contributed by atoms with E-state index >= 15 is 0 Å². The standard InChI is InChI=1S/C18H19F3N2O3S.ClH/c1-23(2,24)11-5-10-22-14-6-3-4-7-16(14)27(25,26)17-9-8-13(12-15(17)22)18(19,20)21;/h3-4,6-9,12H,5,10-11H2,1-2H3;1H. The van der Waals surface area contributed by atoms with E-state index in [1.54, 1.807) is 23.1 Å². The number of sulfone groups is 1. The van der Waals surface area contributed by atoms with Crippen molar-refractivity contribution < 1.29 is 26.2 Å². The Hall–Kier alpha value is -1.81. The van der Waals surface area contributed by atoms with Crippen LogP contribution in [0.2, 0.25) is 0 Å². The van der Waals surface area contributed by atoms with E-state index in [4.69, 9.17) is 0 Å². The van der Waals surface area contributed by atoms with Crippen LogP contribution in [-0.2, 0) is 16.0 Å². The van der Waals surface area contributed by atoms with E-state index in [9.17, 15) is 26.8 Å². The summed E-state index contributed by atoms with van der Waals surface area (Å²) in [7, 11) is -0.972. The molecule has 1 heterocycles. The Morgan fingerprint density at radius 1 is 1.04 bits per heavy atom. The van der Waals surface area contributed by atoms with Crippen LogP contribution in [0.4, 0.5) is 24.5 Å². The highest BCUT2D eigenvalue weighted by atomic mass is 35.5. The third-order valence-corrected chi connectivity index (χ3v) is 6.24. The van der Waals surface area contributed by atoms with Crippen LogP contribution < -0.4 is 4.90 Å². The molecule has 0 fully saturated rings. The van der Waals surface area contributed by atoms with Gasteiger partial charge in [-0.2, -0.15) is 13.2 Å². The minimum absolute atomic E-state index is 0. The molecule has 0 unspecified atom stereocenters. The monoisotopic (exact) mass is 436 g/mol. The summed E-state index contributed by atoms with van der Waals surface area (Å²) in [5.41, 5.74) is -0.610. The minimum Gasteiger partial charge on any atom is -0.633 e. The predicted molar refractivity (Wildman–Crippen MR) is 103 cm³/mol. The van der Waals surface area contributed by atoms with Gasteiger partial charge in [0.15, 0.2) is 0 Å². The lowest BCUT2D eigenvalue weighted by Crippen LogP contribution is -2.36. The lowest BCUT2D eigenvalue weighted by atomic mass is 10.1. The van der Waals surface area contributed by atoms with E-state index in [0.717, 1.165) is 18.2 Å². The van der Waals surface area contributed by atoms with Gasteiger partial charge in [-0.1, -0.05) is 12.1 Å². The molecule has 2 aromatic rings. The van der Waals surface area contributed by atoms with Crippen molar-refractivity contribution in [1.29, 1.82) is 0 Å². The number of benzene rings is 2. The SMILES string of the molecule is C[N+](C)([O-])CCCN1c2ccccc2S(=O)(=O)c2ccc(C(F)(F)F)cc21.Cl. The van der Waals surface area contributed by atoms with Gasteiger partial charge in [0.1, 0.15) is 0 Å². The normalized spacial score (nSPS) is 15.4. The van der Waals surface area contributed by atoms with Crippen molar-refractivity contribution in [3.8, 4) is 0 Å². The molecule has 0 N–H and O–H groups in total. The summed E-state index contributed by atoms with van der Waals surface area (Å²) in [4.78, 5) is 1.44. The molecule has 1 aliphatic heterocycles. The van der Waals surface area contributed by atoms with E-state index in [1.165, 1.54) is 20.2 Å². The Balaban J connectivity index is 0.00000280. The van der Waals surface area contributed by atoms with Crippen LogP contribution in [0.15, 0.2) is 52.3 Å². The smallest absolute Gasteiger partial charge is 0.416 e. The Morgan fingerprint density at radius 3 is 2.25 bits per heavy atom. The molecule has 0 radical (unpaired) electrons. The summed E-state index contributed by atoms with van der Waals surface area (Å²) >= 11 is 0. The van der Waals surface area contributed by atoms with Gasteiger partial charge in [0.05, 0.1) is 47.4 Å². The zero-order valence-corrected chi connectivity index (χ0v) is 16.9. The molecular weight excluding hydrogens is 417 g/mol. The fourth-order valence-electron chi connectivity index (χ4n) is 3.14. The second-order valence-electron chi connectivity index (χ2n) is 6.95. The highest BCUT2D eigenvalue weighted by Gasteiger charge is 2.37. The van der Waals surface area contributed by atoms with Gasteiger partial charge in [0.2, 0.25) is 9.84 Å². The maximum absolute atomic E-state index is 13.2. The van der Waals surface area contributed by atoms with Crippen molar-refractivity contribution in [2.45, 2.75) is 22.4 Å². The molecule has 2 aromatic carbocycles. The zero-order chi connectivity index (χ0) is 20.0. The van der Waals surface area contributed by atoms with Crippen LogP contribution in [0.25, 0.3) is 0 Å². The number of para-hydroxylation sites is 1. The van der Waals surface area contributed by atoms with Crippen LogP contribution in [0.3, 0.4) is 0 Å². The summed E-state index contributed by atoms with van der Waals surface area (Å²) in [6.07, 6.45) is -4.20. The van der Waals surface area contributed by atoms with E-state index in [0.29, 0.717) is 12.1 Å². The Morgan fingerprint density at radius 2 is 1.64 bits per heavy atom. The molecule has 1 aliphatic rings.